The Morgan fingerprint density at radius 2 is 2.04 bits per heavy atom. The minimum Gasteiger partial charge on any atom is -0.494 e. The lowest BCUT2D eigenvalue weighted by molar-refractivity contribution is -0.856. The first kappa shape index (κ1) is 18.0. The maximum absolute atomic E-state index is 12.3. The minimum atomic E-state index is -0.367. The molecule has 0 aliphatic rings. The van der Waals surface area contributed by atoms with Crippen LogP contribution in [0.3, 0.4) is 0 Å². The predicted octanol–water partition coefficient (Wildman–Crippen LogP) is 1.37. The second-order valence-electron chi connectivity index (χ2n) is 5.76. The van der Waals surface area contributed by atoms with Gasteiger partial charge in [0.1, 0.15) is 11.3 Å². The number of carbonyl (C=O) groups is 1. The van der Waals surface area contributed by atoms with Crippen molar-refractivity contribution < 1.29 is 19.2 Å². The summed E-state index contributed by atoms with van der Waals surface area (Å²) >= 11 is 0. The van der Waals surface area contributed by atoms with E-state index in [1.165, 1.54) is 4.90 Å². The molecule has 0 saturated carbocycles. The van der Waals surface area contributed by atoms with Crippen LogP contribution in [0.15, 0.2) is 24.4 Å². The van der Waals surface area contributed by atoms with Gasteiger partial charge in [0.15, 0.2) is 0 Å². The minimum absolute atomic E-state index is 0.330. The van der Waals surface area contributed by atoms with E-state index < -0.39 is 0 Å². The van der Waals surface area contributed by atoms with Crippen LogP contribution in [0.5, 0.6) is 5.75 Å². The Morgan fingerprint density at radius 3 is 2.71 bits per heavy atom. The molecule has 24 heavy (non-hydrogen) atoms. The number of carbonyl (C=O) groups excluding carboxylic acids is 1. The first-order chi connectivity index (χ1) is 11.6. The fourth-order valence-corrected chi connectivity index (χ4v) is 2.42. The highest BCUT2D eigenvalue weighted by molar-refractivity contribution is 6.05. The number of nitrogens with one attached hydrogen (secondary N) is 2. The molecule has 6 nitrogen and oxygen atoms in total. The van der Waals surface area contributed by atoms with E-state index in [4.69, 9.17) is 9.47 Å². The molecule has 0 spiro atoms. The van der Waals surface area contributed by atoms with Crippen LogP contribution in [-0.2, 0) is 4.74 Å². The van der Waals surface area contributed by atoms with Crippen LogP contribution < -0.4 is 15.0 Å². The quantitative estimate of drug-likeness (QED) is 0.715. The molecule has 1 aromatic heterocycles. The van der Waals surface area contributed by atoms with Gasteiger partial charge in [-0.25, -0.2) is 4.79 Å². The molecule has 1 heterocycles. The van der Waals surface area contributed by atoms with Crippen molar-refractivity contribution in [2.45, 2.75) is 13.8 Å². The van der Waals surface area contributed by atoms with Crippen LogP contribution in [0.4, 0.5) is 5.69 Å². The average molecular weight is 332 g/mol. The molecule has 0 atom stereocenters. The van der Waals surface area contributed by atoms with Gasteiger partial charge in [0.05, 0.1) is 51.6 Å². The molecule has 6 heteroatoms. The van der Waals surface area contributed by atoms with Crippen molar-refractivity contribution in [1.29, 1.82) is 0 Å². The zero-order valence-electron chi connectivity index (χ0n) is 14.8. The van der Waals surface area contributed by atoms with Gasteiger partial charge in [-0.15, -0.1) is 0 Å². The molecule has 1 aromatic carbocycles. The smallest absolute Gasteiger partial charge is 0.341 e. The Balaban J connectivity index is 2.47. The summed E-state index contributed by atoms with van der Waals surface area (Å²) in [5.74, 6) is 0.391. The predicted molar refractivity (Wildman–Crippen MR) is 95.0 cm³/mol. The van der Waals surface area contributed by atoms with Gasteiger partial charge in [0, 0.05) is 11.6 Å². The van der Waals surface area contributed by atoms with E-state index in [-0.39, 0.29) is 5.97 Å². The number of hydrogen-bond acceptors (Lipinski definition) is 5. The van der Waals surface area contributed by atoms with Crippen LogP contribution in [0.2, 0.25) is 0 Å². The average Bonchev–Trinajstić information content (AvgIpc) is 2.55. The first-order valence-corrected chi connectivity index (χ1v) is 8.32. The number of fused-ring (bicyclic) bond motifs is 1. The van der Waals surface area contributed by atoms with Gasteiger partial charge in [-0.1, -0.05) is 0 Å². The highest BCUT2D eigenvalue weighted by Gasteiger charge is 2.17. The number of benzene rings is 1. The topological polar surface area (TPSA) is 64.9 Å². The lowest BCUT2D eigenvalue weighted by atomic mass is 10.1. The largest absolute Gasteiger partial charge is 0.494 e. The molecule has 0 bridgehead atoms. The number of aromatic nitrogens is 1. The summed E-state index contributed by atoms with van der Waals surface area (Å²) in [6.07, 6.45) is 1.57. The van der Waals surface area contributed by atoms with Crippen LogP contribution in [-0.4, -0.2) is 51.4 Å². The monoisotopic (exact) mass is 332 g/mol. The summed E-state index contributed by atoms with van der Waals surface area (Å²) in [5.41, 5.74) is 2.01. The van der Waals surface area contributed by atoms with E-state index in [0.29, 0.717) is 18.8 Å². The Hall–Kier alpha value is -2.34. The van der Waals surface area contributed by atoms with Crippen molar-refractivity contribution in [1.82, 2.24) is 4.98 Å². The molecule has 0 saturated heterocycles. The third kappa shape index (κ3) is 4.35. The number of pyridine rings is 1. The molecule has 2 aromatic rings. The maximum atomic E-state index is 12.3. The first-order valence-electron chi connectivity index (χ1n) is 8.32. The van der Waals surface area contributed by atoms with Crippen molar-refractivity contribution in [2.75, 3.05) is 45.7 Å². The zero-order chi connectivity index (χ0) is 17.5. The molecular formula is C18H26N3O3+. The number of anilines is 1. The van der Waals surface area contributed by atoms with Crippen LogP contribution in [0.25, 0.3) is 10.9 Å². The van der Waals surface area contributed by atoms with Crippen molar-refractivity contribution in [3.8, 4) is 5.75 Å². The van der Waals surface area contributed by atoms with E-state index >= 15 is 0 Å². The van der Waals surface area contributed by atoms with E-state index in [1.54, 1.807) is 13.1 Å². The van der Waals surface area contributed by atoms with Gasteiger partial charge in [0.2, 0.25) is 0 Å². The SMILES string of the molecule is CCOC(=O)c1cnc2ccc(OCC)cc2c1NCC[NH+](C)C. The lowest BCUT2D eigenvalue weighted by Crippen LogP contribution is -3.06. The highest BCUT2D eigenvalue weighted by atomic mass is 16.5. The summed E-state index contributed by atoms with van der Waals surface area (Å²) in [7, 11) is 4.18. The van der Waals surface area contributed by atoms with Gasteiger partial charge in [-0.3, -0.25) is 4.98 Å². The molecule has 0 aliphatic carbocycles. The molecule has 0 unspecified atom stereocenters. The Labute approximate surface area is 142 Å². The summed E-state index contributed by atoms with van der Waals surface area (Å²) in [6, 6.07) is 5.70. The van der Waals surface area contributed by atoms with Gasteiger partial charge >= 0.3 is 5.97 Å². The molecular weight excluding hydrogens is 306 g/mol. The highest BCUT2D eigenvalue weighted by Crippen LogP contribution is 2.29. The van der Waals surface area contributed by atoms with Gasteiger partial charge < -0.3 is 19.7 Å². The van der Waals surface area contributed by atoms with Crippen molar-refractivity contribution >= 4 is 22.6 Å². The Morgan fingerprint density at radius 1 is 1.25 bits per heavy atom. The number of esters is 1. The Kier molecular flexibility index (Phi) is 6.37. The number of ether oxygens (including phenoxy) is 2. The number of nitrogens with zero attached hydrogens (tertiary/aromatic N) is 1. The molecule has 0 fully saturated rings. The molecule has 130 valence electrons. The standard InChI is InChI=1S/C18H25N3O3/c1-5-23-13-7-8-16-14(11-13)17(19-9-10-21(3)4)15(12-20-16)18(22)24-6-2/h7-8,11-12H,5-6,9-10H2,1-4H3,(H,19,20)/p+1. The number of rotatable bonds is 8. The van der Waals surface area contributed by atoms with Gasteiger partial charge in [-0.05, 0) is 32.0 Å². The number of quaternary nitrogens is 1. The van der Waals surface area contributed by atoms with Crippen LogP contribution in [0.1, 0.15) is 24.2 Å². The van der Waals surface area contributed by atoms with E-state index in [0.717, 1.165) is 35.4 Å². The Bertz CT molecular complexity index is 701. The van der Waals surface area contributed by atoms with Crippen molar-refractivity contribution in [2.24, 2.45) is 0 Å². The fourth-order valence-electron chi connectivity index (χ4n) is 2.42. The fraction of sp³-hybridized carbons (Fsp3) is 0.444. The van der Waals surface area contributed by atoms with Crippen molar-refractivity contribution in [3.63, 3.8) is 0 Å². The maximum Gasteiger partial charge on any atom is 0.341 e. The third-order valence-electron chi connectivity index (χ3n) is 3.57. The van der Waals surface area contributed by atoms with Gasteiger partial charge in [0.25, 0.3) is 0 Å². The molecule has 2 N–H and O–H groups in total. The van der Waals surface area contributed by atoms with E-state index in [1.807, 2.05) is 25.1 Å². The second-order valence-corrected chi connectivity index (χ2v) is 5.76. The molecule has 0 radical (unpaired) electrons. The molecule has 2 rings (SSSR count). The summed E-state index contributed by atoms with van der Waals surface area (Å²) in [6.45, 7) is 6.32. The van der Waals surface area contributed by atoms with E-state index in [9.17, 15) is 4.79 Å². The summed E-state index contributed by atoms with van der Waals surface area (Å²) < 4.78 is 10.8. The van der Waals surface area contributed by atoms with Gasteiger partial charge in [-0.2, -0.15) is 0 Å². The lowest BCUT2D eigenvalue weighted by Gasteiger charge is -2.15. The number of hydrogen-bond donors (Lipinski definition) is 2. The third-order valence-corrected chi connectivity index (χ3v) is 3.57. The summed E-state index contributed by atoms with van der Waals surface area (Å²) in [5, 5.41) is 4.24. The van der Waals surface area contributed by atoms with Crippen molar-refractivity contribution in [3.05, 3.63) is 30.0 Å². The van der Waals surface area contributed by atoms with E-state index in [2.05, 4.69) is 24.4 Å². The molecule has 0 amide bonds. The molecule has 0 aliphatic heterocycles. The normalized spacial score (nSPS) is 10.9. The summed E-state index contributed by atoms with van der Waals surface area (Å²) in [4.78, 5) is 18.0. The zero-order valence-corrected chi connectivity index (χ0v) is 14.8. The number of likely N-dealkylation sites (N-methyl/N-ethyl adjacent to an activating group) is 1. The van der Waals surface area contributed by atoms with Crippen LogP contribution >= 0.6 is 0 Å². The second kappa shape index (κ2) is 8.49. The van der Waals surface area contributed by atoms with Crippen LogP contribution in [0, 0.1) is 0 Å².